The number of benzene rings is 1. The van der Waals surface area contributed by atoms with E-state index in [1.54, 1.807) is 19.2 Å². The molecule has 0 heterocycles. The molecule has 2 atom stereocenters. The molecular weight excluding hydrogens is 245 g/mol. The first-order valence-electron chi connectivity index (χ1n) is 6.70. The van der Waals surface area contributed by atoms with Crippen molar-refractivity contribution in [2.75, 3.05) is 20.8 Å². The molecular formula is C15H24FNO2. The van der Waals surface area contributed by atoms with Crippen molar-refractivity contribution in [3.8, 4) is 5.75 Å². The molecule has 1 aromatic carbocycles. The molecule has 2 unspecified atom stereocenters. The lowest BCUT2D eigenvalue weighted by molar-refractivity contribution is 0.156. The highest BCUT2D eigenvalue weighted by atomic mass is 19.1. The smallest absolute Gasteiger partial charge is 0.131 e. The van der Waals surface area contributed by atoms with Crippen LogP contribution >= 0.6 is 0 Å². The Morgan fingerprint density at radius 1 is 1.32 bits per heavy atom. The quantitative estimate of drug-likeness (QED) is 0.785. The lowest BCUT2D eigenvalue weighted by Crippen LogP contribution is -2.35. The van der Waals surface area contributed by atoms with Crippen LogP contribution < -0.4 is 10.1 Å². The molecule has 0 spiro atoms. The van der Waals surface area contributed by atoms with Gasteiger partial charge in [-0.25, -0.2) is 4.39 Å². The van der Waals surface area contributed by atoms with Gasteiger partial charge in [0.05, 0.1) is 13.7 Å². The van der Waals surface area contributed by atoms with Crippen molar-refractivity contribution in [3.63, 3.8) is 0 Å². The summed E-state index contributed by atoms with van der Waals surface area (Å²) in [5, 5.41) is 3.41. The second kappa shape index (κ2) is 8.12. The van der Waals surface area contributed by atoms with Gasteiger partial charge in [-0.05, 0) is 19.4 Å². The van der Waals surface area contributed by atoms with E-state index in [-0.39, 0.29) is 17.9 Å². The molecule has 1 rings (SSSR count). The molecule has 0 radical (unpaired) electrons. The van der Waals surface area contributed by atoms with Crippen molar-refractivity contribution in [1.29, 1.82) is 0 Å². The van der Waals surface area contributed by atoms with Crippen LogP contribution in [0.2, 0.25) is 0 Å². The SMILES string of the molecule is CCCC(COC)NC(C)c1ccc(OC)cc1F. The van der Waals surface area contributed by atoms with E-state index in [4.69, 9.17) is 9.47 Å². The molecule has 0 amide bonds. The lowest BCUT2D eigenvalue weighted by atomic mass is 10.1. The number of halogens is 1. The summed E-state index contributed by atoms with van der Waals surface area (Å²) < 4.78 is 24.1. The number of hydrogen-bond acceptors (Lipinski definition) is 3. The minimum Gasteiger partial charge on any atom is -0.497 e. The Morgan fingerprint density at radius 2 is 2.05 bits per heavy atom. The third-order valence-corrected chi connectivity index (χ3v) is 3.16. The van der Waals surface area contributed by atoms with Gasteiger partial charge in [-0.2, -0.15) is 0 Å². The molecule has 1 N–H and O–H groups in total. The van der Waals surface area contributed by atoms with Crippen molar-refractivity contribution < 1.29 is 13.9 Å². The number of hydrogen-bond donors (Lipinski definition) is 1. The minimum atomic E-state index is -0.244. The maximum absolute atomic E-state index is 14.0. The number of nitrogens with one attached hydrogen (secondary N) is 1. The first-order chi connectivity index (χ1) is 9.12. The van der Waals surface area contributed by atoms with E-state index < -0.39 is 0 Å². The van der Waals surface area contributed by atoms with E-state index in [1.165, 1.54) is 13.2 Å². The Hall–Kier alpha value is -1.13. The third-order valence-electron chi connectivity index (χ3n) is 3.16. The predicted octanol–water partition coefficient (Wildman–Crippen LogP) is 3.30. The van der Waals surface area contributed by atoms with Gasteiger partial charge in [0, 0.05) is 30.8 Å². The Labute approximate surface area is 115 Å². The fourth-order valence-corrected chi connectivity index (χ4v) is 2.19. The summed E-state index contributed by atoms with van der Waals surface area (Å²) in [7, 11) is 3.22. The fraction of sp³-hybridized carbons (Fsp3) is 0.600. The molecule has 1 aromatic rings. The van der Waals surface area contributed by atoms with E-state index >= 15 is 0 Å². The average Bonchev–Trinajstić information content (AvgIpc) is 2.38. The van der Waals surface area contributed by atoms with Gasteiger partial charge < -0.3 is 14.8 Å². The van der Waals surface area contributed by atoms with Gasteiger partial charge in [0.25, 0.3) is 0 Å². The second-order valence-electron chi connectivity index (χ2n) is 4.72. The minimum absolute atomic E-state index is 0.0578. The van der Waals surface area contributed by atoms with E-state index in [1.807, 2.05) is 6.92 Å². The Morgan fingerprint density at radius 3 is 2.58 bits per heavy atom. The molecule has 0 aliphatic heterocycles. The summed E-state index contributed by atoms with van der Waals surface area (Å²) in [5.41, 5.74) is 0.651. The summed E-state index contributed by atoms with van der Waals surface area (Å²) in [6, 6.07) is 5.14. The van der Waals surface area contributed by atoms with Crippen LogP contribution in [0.25, 0.3) is 0 Å². The fourth-order valence-electron chi connectivity index (χ4n) is 2.19. The molecule has 0 fully saturated rings. The molecule has 3 nitrogen and oxygen atoms in total. The molecule has 0 saturated heterocycles. The lowest BCUT2D eigenvalue weighted by Gasteiger charge is -2.23. The first kappa shape index (κ1) is 15.9. The molecule has 0 aliphatic rings. The third kappa shape index (κ3) is 4.80. The summed E-state index contributed by atoms with van der Waals surface area (Å²) in [6.07, 6.45) is 2.08. The van der Waals surface area contributed by atoms with Crippen LogP contribution in [0.3, 0.4) is 0 Å². The largest absolute Gasteiger partial charge is 0.497 e. The second-order valence-corrected chi connectivity index (χ2v) is 4.72. The predicted molar refractivity (Wildman–Crippen MR) is 75.1 cm³/mol. The standard InChI is InChI=1S/C15H24FNO2/c1-5-6-12(10-18-3)17-11(2)14-8-7-13(19-4)9-15(14)16/h7-9,11-12,17H,5-6,10H2,1-4H3. The van der Waals surface area contributed by atoms with Gasteiger partial charge in [0.1, 0.15) is 11.6 Å². The van der Waals surface area contributed by atoms with Crippen LogP contribution in [0.15, 0.2) is 18.2 Å². The molecule has 0 aromatic heterocycles. The molecule has 19 heavy (non-hydrogen) atoms. The highest BCUT2D eigenvalue weighted by molar-refractivity contribution is 5.30. The maximum Gasteiger partial charge on any atom is 0.131 e. The number of ether oxygens (including phenoxy) is 2. The van der Waals surface area contributed by atoms with Crippen molar-refractivity contribution in [3.05, 3.63) is 29.6 Å². The summed E-state index contributed by atoms with van der Waals surface area (Å²) in [5.74, 6) is 0.294. The van der Waals surface area contributed by atoms with Crippen LogP contribution in [0.1, 0.15) is 38.3 Å². The number of methoxy groups -OCH3 is 2. The normalized spacial score (nSPS) is 14.2. The zero-order valence-electron chi connectivity index (χ0n) is 12.2. The van der Waals surface area contributed by atoms with Crippen LogP contribution in [0.5, 0.6) is 5.75 Å². The van der Waals surface area contributed by atoms with Crippen molar-refractivity contribution in [2.24, 2.45) is 0 Å². The molecule has 0 bridgehead atoms. The Bertz CT molecular complexity index is 378. The Balaban J connectivity index is 2.73. The zero-order chi connectivity index (χ0) is 14.3. The van der Waals surface area contributed by atoms with E-state index in [2.05, 4.69) is 12.2 Å². The van der Waals surface area contributed by atoms with Crippen molar-refractivity contribution in [1.82, 2.24) is 5.32 Å². The number of rotatable bonds is 8. The van der Waals surface area contributed by atoms with Crippen LogP contribution in [-0.4, -0.2) is 26.9 Å². The van der Waals surface area contributed by atoms with E-state index in [0.29, 0.717) is 17.9 Å². The molecule has 0 saturated carbocycles. The summed E-state index contributed by atoms with van der Waals surface area (Å²) in [6.45, 7) is 4.72. The van der Waals surface area contributed by atoms with Gasteiger partial charge in [-0.15, -0.1) is 0 Å². The van der Waals surface area contributed by atoms with Gasteiger partial charge in [-0.1, -0.05) is 19.4 Å². The van der Waals surface area contributed by atoms with Crippen molar-refractivity contribution in [2.45, 2.75) is 38.8 Å². The van der Waals surface area contributed by atoms with Gasteiger partial charge in [0.2, 0.25) is 0 Å². The van der Waals surface area contributed by atoms with E-state index in [9.17, 15) is 4.39 Å². The van der Waals surface area contributed by atoms with Crippen LogP contribution in [0.4, 0.5) is 4.39 Å². The molecule has 108 valence electrons. The highest BCUT2D eigenvalue weighted by Gasteiger charge is 2.16. The van der Waals surface area contributed by atoms with Crippen molar-refractivity contribution >= 4 is 0 Å². The molecule has 0 aliphatic carbocycles. The van der Waals surface area contributed by atoms with E-state index in [0.717, 1.165) is 12.8 Å². The summed E-state index contributed by atoms with van der Waals surface area (Å²) >= 11 is 0. The average molecular weight is 269 g/mol. The maximum atomic E-state index is 14.0. The first-order valence-corrected chi connectivity index (χ1v) is 6.70. The zero-order valence-corrected chi connectivity index (χ0v) is 12.2. The van der Waals surface area contributed by atoms with Gasteiger partial charge in [-0.3, -0.25) is 0 Å². The van der Waals surface area contributed by atoms with Crippen LogP contribution in [-0.2, 0) is 4.74 Å². The van der Waals surface area contributed by atoms with Gasteiger partial charge >= 0.3 is 0 Å². The monoisotopic (exact) mass is 269 g/mol. The Kier molecular flexibility index (Phi) is 6.81. The highest BCUT2D eigenvalue weighted by Crippen LogP contribution is 2.22. The molecule has 4 heteroatoms. The van der Waals surface area contributed by atoms with Crippen LogP contribution in [0, 0.1) is 5.82 Å². The topological polar surface area (TPSA) is 30.5 Å². The van der Waals surface area contributed by atoms with Gasteiger partial charge in [0.15, 0.2) is 0 Å². The summed E-state index contributed by atoms with van der Waals surface area (Å²) in [4.78, 5) is 0.